The molecule has 18 heavy (non-hydrogen) atoms. The summed E-state index contributed by atoms with van der Waals surface area (Å²) in [4.78, 5) is 0. The molecule has 0 N–H and O–H groups in total. The second-order valence-corrected chi connectivity index (χ2v) is 4.07. The molecule has 0 spiro atoms. The molecule has 0 amide bonds. The van der Waals surface area contributed by atoms with E-state index in [2.05, 4.69) is 12.0 Å². The zero-order chi connectivity index (χ0) is 13.2. The van der Waals surface area contributed by atoms with Crippen LogP contribution in [0.15, 0.2) is 36.5 Å². The average molecular weight is 254 g/mol. The lowest BCUT2D eigenvalue weighted by Gasteiger charge is -2.04. The van der Waals surface area contributed by atoms with Crippen LogP contribution >= 0.6 is 0 Å². The predicted molar refractivity (Wildman–Crippen MR) is 62.2 cm³/mol. The molecule has 96 valence electrons. The molecule has 0 aliphatic heterocycles. The van der Waals surface area contributed by atoms with Crippen molar-refractivity contribution < 1.29 is 13.2 Å². The Balaban J connectivity index is 2.11. The Kier molecular flexibility index (Phi) is 3.41. The minimum atomic E-state index is -4.38. The molecule has 0 unspecified atom stereocenters. The SMILES string of the molecule is CCc1ccc(Cn2ccc(C(F)(F)F)n2)cc1. The fourth-order valence-corrected chi connectivity index (χ4v) is 1.67. The maximum Gasteiger partial charge on any atom is 0.435 e. The van der Waals surface area contributed by atoms with Crippen LogP contribution in [-0.4, -0.2) is 9.78 Å². The lowest BCUT2D eigenvalue weighted by Crippen LogP contribution is -2.08. The maximum absolute atomic E-state index is 12.4. The van der Waals surface area contributed by atoms with E-state index in [4.69, 9.17) is 0 Å². The van der Waals surface area contributed by atoms with Crippen molar-refractivity contribution in [2.75, 3.05) is 0 Å². The number of halogens is 3. The van der Waals surface area contributed by atoms with Crippen LogP contribution in [0.1, 0.15) is 23.7 Å². The van der Waals surface area contributed by atoms with Crippen LogP contribution in [0.25, 0.3) is 0 Å². The van der Waals surface area contributed by atoms with Crippen LogP contribution in [0.5, 0.6) is 0 Å². The number of hydrogen-bond donors (Lipinski definition) is 0. The fraction of sp³-hybridized carbons (Fsp3) is 0.308. The Labute approximate surface area is 103 Å². The lowest BCUT2D eigenvalue weighted by molar-refractivity contribution is -0.141. The second kappa shape index (κ2) is 4.84. The van der Waals surface area contributed by atoms with Gasteiger partial charge in [0, 0.05) is 6.20 Å². The van der Waals surface area contributed by atoms with Gasteiger partial charge in [0.05, 0.1) is 6.54 Å². The molecule has 1 heterocycles. The molecule has 0 saturated heterocycles. The summed E-state index contributed by atoms with van der Waals surface area (Å²) in [5.41, 5.74) is 1.28. The first-order valence-electron chi connectivity index (χ1n) is 5.67. The van der Waals surface area contributed by atoms with E-state index < -0.39 is 11.9 Å². The van der Waals surface area contributed by atoms with E-state index in [1.807, 2.05) is 24.3 Å². The molecule has 5 heteroatoms. The van der Waals surface area contributed by atoms with Crippen LogP contribution in [0.4, 0.5) is 13.2 Å². The van der Waals surface area contributed by atoms with E-state index in [-0.39, 0.29) is 0 Å². The van der Waals surface area contributed by atoms with Gasteiger partial charge in [-0.2, -0.15) is 18.3 Å². The molecule has 0 aliphatic rings. The smallest absolute Gasteiger partial charge is 0.268 e. The molecular weight excluding hydrogens is 241 g/mol. The van der Waals surface area contributed by atoms with Crippen molar-refractivity contribution in [3.05, 3.63) is 53.3 Å². The first-order chi connectivity index (χ1) is 8.49. The molecule has 2 aromatic rings. The highest BCUT2D eigenvalue weighted by Crippen LogP contribution is 2.27. The minimum Gasteiger partial charge on any atom is -0.268 e. The van der Waals surface area contributed by atoms with Crippen molar-refractivity contribution in [2.24, 2.45) is 0 Å². The molecule has 0 saturated carbocycles. The van der Waals surface area contributed by atoms with Gasteiger partial charge in [0.15, 0.2) is 5.69 Å². The highest BCUT2D eigenvalue weighted by atomic mass is 19.4. The topological polar surface area (TPSA) is 17.8 Å². The van der Waals surface area contributed by atoms with Gasteiger partial charge in [-0.05, 0) is 23.6 Å². The van der Waals surface area contributed by atoms with Crippen LogP contribution in [0, 0.1) is 0 Å². The normalized spacial score (nSPS) is 11.8. The third-order valence-corrected chi connectivity index (χ3v) is 2.71. The Morgan fingerprint density at radius 1 is 1.06 bits per heavy atom. The third-order valence-electron chi connectivity index (χ3n) is 2.71. The molecule has 0 bridgehead atoms. The van der Waals surface area contributed by atoms with Crippen molar-refractivity contribution in [3.63, 3.8) is 0 Å². The zero-order valence-electron chi connectivity index (χ0n) is 9.91. The molecular formula is C13H13F3N2. The van der Waals surface area contributed by atoms with Gasteiger partial charge in [0.2, 0.25) is 0 Å². The van der Waals surface area contributed by atoms with Gasteiger partial charge < -0.3 is 0 Å². The number of nitrogens with zero attached hydrogens (tertiary/aromatic N) is 2. The lowest BCUT2D eigenvalue weighted by atomic mass is 10.1. The molecule has 0 aliphatic carbocycles. The van der Waals surface area contributed by atoms with Gasteiger partial charge in [0.1, 0.15) is 0 Å². The Morgan fingerprint density at radius 3 is 2.17 bits per heavy atom. The van der Waals surface area contributed by atoms with E-state index in [1.165, 1.54) is 16.4 Å². The Morgan fingerprint density at radius 2 is 1.67 bits per heavy atom. The van der Waals surface area contributed by atoms with E-state index in [0.717, 1.165) is 18.1 Å². The molecule has 0 radical (unpaired) electrons. The highest BCUT2D eigenvalue weighted by molar-refractivity contribution is 5.22. The quantitative estimate of drug-likeness (QED) is 0.819. The summed E-state index contributed by atoms with van der Waals surface area (Å²) in [6, 6.07) is 8.76. The van der Waals surface area contributed by atoms with E-state index in [0.29, 0.717) is 6.54 Å². The number of aromatic nitrogens is 2. The number of rotatable bonds is 3. The Bertz CT molecular complexity index is 512. The summed E-state index contributed by atoms with van der Waals surface area (Å²) in [6.45, 7) is 2.40. The third kappa shape index (κ3) is 2.91. The Hall–Kier alpha value is -1.78. The molecule has 2 nitrogen and oxygen atoms in total. The molecule has 0 fully saturated rings. The standard InChI is InChI=1S/C13H13F3N2/c1-2-10-3-5-11(6-4-10)9-18-8-7-12(17-18)13(14,15)16/h3-8H,2,9H2,1H3. The maximum atomic E-state index is 12.4. The summed E-state index contributed by atoms with van der Waals surface area (Å²) in [6.07, 6.45) is -2.09. The van der Waals surface area contributed by atoms with E-state index in [1.54, 1.807) is 0 Å². The summed E-state index contributed by atoms with van der Waals surface area (Å²) in [5, 5.41) is 3.51. The van der Waals surface area contributed by atoms with Gasteiger partial charge in [-0.15, -0.1) is 0 Å². The molecule has 0 atom stereocenters. The van der Waals surface area contributed by atoms with Crippen LogP contribution in [0.2, 0.25) is 0 Å². The summed E-state index contributed by atoms with van der Waals surface area (Å²) >= 11 is 0. The number of benzene rings is 1. The van der Waals surface area contributed by atoms with Crippen LogP contribution in [-0.2, 0) is 19.1 Å². The average Bonchev–Trinajstić information content (AvgIpc) is 2.78. The molecule has 1 aromatic heterocycles. The van der Waals surface area contributed by atoms with Crippen LogP contribution < -0.4 is 0 Å². The fourth-order valence-electron chi connectivity index (χ4n) is 1.67. The van der Waals surface area contributed by atoms with Gasteiger partial charge in [0.25, 0.3) is 0 Å². The van der Waals surface area contributed by atoms with Crippen molar-refractivity contribution in [3.8, 4) is 0 Å². The van der Waals surface area contributed by atoms with E-state index in [9.17, 15) is 13.2 Å². The second-order valence-electron chi connectivity index (χ2n) is 4.07. The van der Waals surface area contributed by atoms with Crippen molar-refractivity contribution in [2.45, 2.75) is 26.1 Å². The van der Waals surface area contributed by atoms with Crippen molar-refractivity contribution >= 4 is 0 Å². The molecule has 1 aromatic carbocycles. The first-order valence-corrected chi connectivity index (χ1v) is 5.67. The van der Waals surface area contributed by atoms with Gasteiger partial charge in [-0.1, -0.05) is 31.2 Å². The summed E-state index contributed by atoms with van der Waals surface area (Å²) in [5.74, 6) is 0. The molecule has 2 rings (SSSR count). The first kappa shape index (κ1) is 12.7. The number of alkyl halides is 3. The number of aryl methyl sites for hydroxylation is 1. The summed E-state index contributed by atoms with van der Waals surface area (Å²) in [7, 11) is 0. The van der Waals surface area contributed by atoms with Crippen LogP contribution in [0.3, 0.4) is 0 Å². The van der Waals surface area contributed by atoms with E-state index >= 15 is 0 Å². The van der Waals surface area contributed by atoms with Crippen molar-refractivity contribution in [1.29, 1.82) is 0 Å². The minimum absolute atomic E-state index is 0.347. The van der Waals surface area contributed by atoms with Crippen molar-refractivity contribution in [1.82, 2.24) is 9.78 Å². The highest BCUT2D eigenvalue weighted by Gasteiger charge is 2.33. The predicted octanol–water partition coefficient (Wildman–Crippen LogP) is 3.51. The van der Waals surface area contributed by atoms with Gasteiger partial charge >= 0.3 is 6.18 Å². The number of hydrogen-bond acceptors (Lipinski definition) is 1. The summed E-state index contributed by atoms with van der Waals surface area (Å²) < 4.78 is 38.4. The largest absolute Gasteiger partial charge is 0.435 e. The zero-order valence-corrected chi connectivity index (χ0v) is 9.91. The van der Waals surface area contributed by atoms with Gasteiger partial charge in [-0.3, -0.25) is 4.68 Å². The monoisotopic (exact) mass is 254 g/mol. The van der Waals surface area contributed by atoms with Gasteiger partial charge in [-0.25, -0.2) is 0 Å².